The van der Waals surface area contributed by atoms with E-state index in [1.165, 1.54) is 11.1 Å². The summed E-state index contributed by atoms with van der Waals surface area (Å²) in [6.07, 6.45) is 0.858. The molecule has 1 atom stereocenters. The molecule has 0 radical (unpaired) electrons. The molecule has 0 aliphatic carbocycles. The van der Waals surface area contributed by atoms with Crippen LogP contribution in [0, 0.1) is 6.92 Å². The lowest BCUT2D eigenvalue weighted by Crippen LogP contribution is -2.20. The molecular formula is C23H21ClN2O. The normalized spacial score (nSPS) is 16.1. The van der Waals surface area contributed by atoms with Gasteiger partial charge in [-0.1, -0.05) is 41.4 Å². The average Bonchev–Trinajstić information content (AvgIpc) is 2.84. The van der Waals surface area contributed by atoms with E-state index in [0.29, 0.717) is 5.02 Å². The summed E-state index contributed by atoms with van der Waals surface area (Å²) in [5, 5.41) is 13.8. The summed E-state index contributed by atoms with van der Waals surface area (Å²) < 4.78 is 0. The molecule has 0 saturated heterocycles. The molecule has 0 aromatic heterocycles. The quantitative estimate of drug-likeness (QED) is 0.657. The van der Waals surface area contributed by atoms with Crippen LogP contribution in [0.1, 0.15) is 22.3 Å². The maximum atomic E-state index is 9.65. The zero-order valence-corrected chi connectivity index (χ0v) is 15.9. The molecule has 3 nitrogen and oxygen atoms in total. The summed E-state index contributed by atoms with van der Waals surface area (Å²) in [4.78, 5) is 5.09. The Morgan fingerprint density at radius 3 is 2.52 bits per heavy atom. The molecule has 136 valence electrons. The zero-order chi connectivity index (χ0) is 18.8. The van der Waals surface area contributed by atoms with Gasteiger partial charge in [0.1, 0.15) is 5.75 Å². The molecular weight excluding hydrogens is 356 g/mol. The third-order valence-electron chi connectivity index (χ3n) is 4.81. The molecule has 0 spiro atoms. The second kappa shape index (κ2) is 7.45. The minimum Gasteiger partial charge on any atom is -0.508 e. The van der Waals surface area contributed by atoms with Gasteiger partial charge < -0.3 is 10.4 Å². The number of phenols is 1. The molecule has 0 fully saturated rings. The topological polar surface area (TPSA) is 44.6 Å². The number of nitrogens with one attached hydrogen (secondary N) is 1. The highest BCUT2D eigenvalue weighted by atomic mass is 35.5. The van der Waals surface area contributed by atoms with Gasteiger partial charge in [-0.3, -0.25) is 4.99 Å². The van der Waals surface area contributed by atoms with Crippen molar-refractivity contribution in [2.45, 2.75) is 19.4 Å². The Bertz CT molecular complexity index is 978. The number of benzodiazepines with no additional fused rings is 1. The van der Waals surface area contributed by atoms with E-state index in [2.05, 4.69) is 36.5 Å². The summed E-state index contributed by atoms with van der Waals surface area (Å²) in [6.45, 7) is 2.85. The van der Waals surface area contributed by atoms with Gasteiger partial charge in [-0.2, -0.15) is 0 Å². The molecule has 4 heteroatoms. The molecule has 0 bridgehead atoms. The monoisotopic (exact) mass is 376 g/mol. The Hall–Kier alpha value is -2.78. The number of benzene rings is 3. The van der Waals surface area contributed by atoms with E-state index >= 15 is 0 Å². The van der Waals surface area contributed by atoms with Crippen molar-refractivity contribution in [3.05, 3.63) is 94.0 Å². The molecule has 1 aliphatic rings. The number of anilines is 1. The fourth-order valence-electron chi connectivity index (χ4n) is 3.36. The second-order valence-corrected chi connectivity index (χ2v) is 7.38. The van der Waals surface area contributed by atoms with Gasteiger partial charge >= 0.3 is 0 Å². The van der Waals surface area contributed by atoms with Gasteiger partial charge in [0.05, 0.1) is 11.8 Å². The molecule has 0 saturated carbocycles. The van der Waals surface area contributed by atoms with E-state index < -0.39 is 0 Å². The maximum absolute atomic E-state index is 9.65. The maximum Gasteiger partial charge on any atom is 0.115 e. The molecule has 3 aromatic rings. The highest BCUT2D eigenvalue weighted by Crippen LogP contribution is 2.28. The number of hydrogen-bond acceptors (Lipinski definition) is 3. The Morgan fingerprint density at radius 2 is 1.78 bits per heavy atom. The lowest BCUT2D eigenvalue weighted by molar-refractivity contribution is 0.475. The predicted molar refractivity (Wildman–Crippen MR) is 112 cm³/mol. The van der Waals surface area contributed by atoms with Crippen LogP contribution in [-0.2, 0) is 6.42 Å². The summed E-state index contributed by atoms with van der Waals surface area (Å²) in [6, 6.07) is 21.7. The first-order valence-corrected chi connectivity index (χ1v) is 9.43. The van der Waals surface area contributed by atoms with Crippen molar-refractivity contribution in [3.63, 3.8) is 0 Å². The molecule has 1 heterocycles. The van der Waals surface area contributed by atoms with E-state index in [-0.39, 0.29) is 11.8 Å². The van der Waals surface area contributed by atoms with Crippen molar-refractivity contribution in [1.29, 1.82) is 0 Å². The van der Waals surface area contributed by atoms with Gasteiger partial charge in [0.2, 0.25) is 0 Å². The number of aliphatic imine (C=N–C) groups is 1. The lowest BCUT2D eigenvalue weighted by Gasteiger charge is -2.13. The zero-order valence-electron chi connectivity index (χ0n) is 15.1. The summed E-state index contributed by atoms with van der Waals surface area (Å²) in [5.74, 6) is 0.244. The molecule has 1 aliphatic heterocycles. The number of hydrogen-bond donors (Lipinski definition) is 2. The minimum atomic E-state index is 0.0997. The van der Waals surface area contributed by atoms with Crippen LogP contribution in [0.3, 0.4) is 0 Å². The summed E-state index contributed by atoms with van der Waals surface area (Å²) in [5.41, 5.74) is 6.40. The van der Waals surface area contributed by atoms with Gasteiger partial charge in [0.25, 0.3) is 0 Å². The van der Waals surface area contributed by atoms with E-state index in [1.54, 1.807) is 12.1 Å². The predicted octanol–water partition coefficient (Wildman–Crippen LogP) is 5.23. The SMILES string of the molecule is Cc1ccc(CC2CNc3ccc(Cl)cc3C(c3ccc(O)cc3)=N2)cc1. The van der Waals surface area contributed by atoms with Crippen LogP contribution >= 0.6 is 11.6 Å². The van der Waals surface area contributed by atoms with Crippen LogP contribution in [0.5, 0.6) is 5.75 Å². The Labute approximate surface area is 164 Å². The standard InChI is InChI=1S/C23H21ClN2O/c1-15-2-4-16(5-3-15)12-19-14-25-22-11-8-18(24)13-21(22)23(26-19)17-6-9-20(27)10-7-17/h2-11,13,19,25,27H,12,14H2,1H3. The van der Waals surface area contributed by atoms with Gasteiger partial charge in [0.15, 0.2) is 0 Å². The van der Waals surface area contributed by atoms with Gasteiger partial charge in [-0.15, -0.1) is 0 Å². The van der Waals surface area contributed by atoms with E-state index in [1.807, 2.05) is 30.3 Å². The number of aromatic hydroxyl groups is 1. The number of fused-ring (bicyclic) bond motifs is 1. The van der Waals surface area contributed by atoms with Crippen molar-refractivity contribution in [2.75, 3.05) is 11.9 Å². The van der Waals surface area contributed by atoms with Crippen LogP contribution < -0.4 is 5.32 Å². The number of rotatable bonds is 3. The van der Waals surface area contributed by atoms with Gasteiger partial charge in [-0.05, 0) is 61.4 Å². The molecule has 1 unspecified atom stereocenters. The molecule has 2 N–H and O–H groups in total. The molecule has 3 aromatic carbocycles. The number of phenolic OH excluding ortho intramolecular Hbond substituents is 1. The fraction of sp³-hybridized carbons (Fsp3) is 0.174. The number of nitrogens with zero attached hydrogens (tertiary/aromatic N) is 1. The minimum absolute atomic E-state index is 0.0997. The fourth-order valence-corrected chi connectivity index (χ4v) is 3.53. The summed E-state index contributed by atoms with van der Waals surface area (Å²) >= 11 is 6.27. The van der Waals surface area contributed by atoms with Crippen LogP contribution in [0.2, 0.25) is 5.02 Å². The average molecular weight is 377 g/mol. The van der Waals surface area contributed by atoms with Crippen molar-refractivity contribution < 1.29 is 5.11 Å². The second-order valence-electron chi connectivity index (χ2n) is 6.94. The molecule has 0 amide bonds. The largest absolute Gasteiger partial charge is 0.508 e. The first-order chi connectivity index (χ1) is 13.1. The Kier molecular flexibility index (Phi) is 4.87. The van der Waals surface area contributed by atoms with Crippen LogP contribution in [0.25, 0.3) is 0 Å². The third kappa shape index (κ3) is 3.99. The molecule has 4 rings (SSSR count). The van der Waals surface area contributed by atoms with E-state index in [4.69, 9.17) is 16.6 Å². The molecule has 27 heavy (non-hydrogen) atoms. The third-order valence-corrected chi connectivity index (χ3v) is 5.04. The van der Waals surface area contributed by atoms with Crippen molar-refractivity contribution in [3.8, 4) is 5.75 Å². The first-order valence-electron chi connectivity index (χ1n) is 9.05. The van der Waals surface area contributed by atoms with Crippen LogP contribution in [0.4, 0.5) is 5.69 Å². The van der Waals surface area contributed by atoms with Crippen molar-refractivity contribution in [2.24, 2.45) is 4.99 Å². The Morgan fingerprint density at radius 1 is 1.04 bits per heavy atom. The van der Waals surface area contributed by atoms with Gasteiger partial charge in [-0.25, -0.2) is 0 Å². The smallest absolute Gasteiger partial charge is 0.115 e. The Balaban J connectivity index is 1.75. The van der Waals surface area contributed by atoms with Crippen molar-refractivity contribution >= 4 is 23.0 Å². The number of halogens is 1. The van der Waals surface area contributed by atoms with Crippen LogP contribution in [0.15, 0.2) is 71.7 Å². The number of aryl methyl sites for hydroxylation is 1. The highest BCUT2D eigenvalue weighted by Gasteiger charge is 2.20. The van der Waals surface area contributed by atoms with Gasteiger partial charge in [0, 0.05) is 28.4 Å². The highest BCUT2D eigenvalue weighted by molar-refractivity contribution is 6.31. The van der Waals surface area contributed by atoms with E-state index in [9.17, 15) is 5.11 Å². The van der Waals surface area contributed by atoms with E-state index in [0.717, 1.165) is 35.5 Å². The van der Waals surface area contributed by atoms with Crippen molar-refractivity contribution in [1.82, 2.24) is 0 Å². The summed E-state index contributed by atoms with van der Waals surface area (Å²) in [7, 11) is 0. The van der Waals surface area contributed by atoms with Crippen LogP contribution in [-0.4, -0.2) is 23.4 Å². The lowest BCUT2D eigenvalue weighted by atomic mass is 10.00. The first kappa shape index (κ1) is 17.6.